The third-order valence-corrected chi connectivity index (χ3v) is 3.22. The molecule has 0 bridgehead atoms. The highest BCUT2D eigenvalue weighted by Gasteiger charge is 2.08. The first-order chi connectivity index (χ1) is 9.69. The molecule has 0 aliphatic carbocycles. The monoisotopic (exact) mass is 270 g/mol. The van der Waals surface area contributed by atoms with Gasteiger partial charge in [-0.2, -0.15) is 0 Å². The van der Waals surface area contributed by atoms with Crippen LogP contribution < -0.4 is 9.47 Å². The van der Waals surface area contributed by atoms with Crippen molar-refractivity contribution < 1.29 is 14.3 Å². The summed E-state index contributed by atoms with van der Waals surface area (Å²) in [6, 6.07) is 13.4. The molecule has 104 valence electrons. The van der Waals surface area contributed by atoms with Crippen LogP contribution in [0.25, 0.3) is 11.1 Å². The number of methoxy groups -OCH3 is 2. The van der Waals surface area contributed by atoms with E-state index in [1.54, 1.807) is 14.2 Å². The minimum absolute atomic E-state index is 0.146. The van der Waals surface area contributed by atoms with Gasteiger partial charge in [-0.3, -0.25) is 4.79 Å². The Bertz CT molecular complexity index is 617. The van der Waals surface area contributed by atoms with Crippen LogP contribution >= 0.6 is 0 Å². The van der Waals surface area contributed by atoms with Gasteiger partial charge in [0.25, 0.3) is 0 Å². The summed E-state index contributed by atoms with van der Waals surface area (Å²) in [5.41, 5.74) is 2.72. The molecule has 20 heavy (non-hydrogen) atoms. The largest absolute Gasteiger partial charge is 0.493 e. The molecular weight excluding hydrogens is 252 g/mol. The van der Waals surface area contributed by atoms with Crippen molar-refractivity contribution in [1.29, 1.82) is 0 Å². The number of benzene rings is 2. The van der Waals surface area contributed by atoms with Gasteiger partial charge in [0.2, 0.25) is 0 Å². The number of Topliss-reactive ketones (excluding diaryl/α,β-unsaturated/α-hetero) is 1. The van der Waals surface area contributed by atoms with E-state index >= 15 is 0 Å². The van der Waals surface area contributed by atoms with Gasteiger partial charge in [0.15, 0.2) is 17.3 Å². The Morgan fingerprint density at radius 2 is 1.65 bits per heavy atom. The molecule has 2 aromatic rings. The fourth-order valence-electron chi connectivity index (χ4n) is 2.09. The molecule has 3 nitrogen and oxygen atoms in total. The lowest BCUT2D eigenvalue weighted by atomic mass is 10.00. The van der Waals surface area contributed by atoms with E-state index in [0.29, 0.717) is 17.9 Å². The zero-order valence-electron chi connectivity index (χ0n) is 12.0. The molecule has 0 amide bonds. The molecule has 2 rings (SSSR count). The van der Waals surface area contributed by atoms with Crippen molar-refractivity contribution in [3.05, 3.63) is 48.0 Å². The van der Waals surface area contributed by atoms with E-state index in [1.807, 2.05) is 49.4 Å². The van der Waals surface area contributed by atoms with E-state index in [4.69, 9.17) is 9.47 Å². The zero-order valence-corrected chi connectivity index (χ0v) is 12.0. The third-order valence-electron chi connectivity index (χ3n) is 3.22. The van der Waals surface area contributed by atoms with Gasteiger partial charge >= 0.3 is 0 Å². The van der Waals surface area contributed by atoms with Crippen molar-refractivity contribution in [2.75, 3.05) is 14.2 Å². The quantitative estimate of drug-likeness (QED) is 0.771. The molecule has 0 spiro atoms. The minimum atomic E-state index is 0.146. The second kappa shape index (κ2) is 6.24. The van der Waals surface area contributed by atoms with Gasteiger partial charge in [0.05, 0.1) is 14.2 Å². The summed E-state index contributed by atoms with van der Waals surface area (Å²) >= 11 is 0. The summed E-state index contributed by atoms with van der Waals surface area (Å²) in [7, 11) is 3.22. The van der Waals surface area contributed by atoms with Crippen LogP contribution in [0.2, 0.25) is 0 Å². The second-order valence-corrected chi connectivity index (χ2v) is 4.43. The molecule has 3 heteroatoms. The van der Waals surface area contributed by atoms with Crippen molar-refractivity contribution in [3.63, 3.8) is 0 Å². The third kappa shape index (κ3) is 2.82. The number of hydrogen-bond donors (Lipinski definition) is 0. The highest BCUT2D eigenvalue weighted by atomic mass is 16.5. The van der Waals surface area contributed by atoms with Gasteiger partial charge in [0.1, 0.15) is 0 Å². The summed E-state index contributed by atoms with van der Waals surface area (Å²) in [4.78, 5) is 11.8. The van der Waals surface area contributed by atoms with E-state index in [-0.39, 0.29) is 5.78 Å². The number of carbonyl (C=O) groups is 1. The highest BCUT2D eigenvalue weighted by molar-refractivity contribution is 5.97. The Morgan fingerprint density at radius 3 is 2.30 bits per heavy atom. The molecule has 0 heterocycles. The maximum absolute atomic E-state index is 11.8. The molecule has 0 atom stereocenters. The highest BCUT2D eigenvalue weighted by Crippen LogP contribution is 2.32. The maximum Gasteiger partial charge on any atom is 0.162 e. The van der Waals surface area contributed by atoms with Crippen LogP contribution in [0.5, 0.6) is 11.5 Å². The van der Waals surface area contributed by atoms with Crippen LogP contribution in [-0.2, 0) is 0 Å². The fraction of sp³-hybridized carbons (Fsp3) is 0.235. The van der Waals surface area contributed by atoms with E-state index in [9.17, 15) is 4.79 Å². The van der Waals surface area contributed by atoms with Gasteiger partial charge in [-0.25, -0.2) is 0 Å². The molecule has 0 aliphatic rings. The number of ether oxygens (including phenoxy) is 2. The fourth-order valence-corrected chi connectivity index (χ4v) is 2.09. The molecule has 0 saturated heterocycles. The van der Waals surface area contributed by atoms with Gasteiger partial charge < -0.3 is 9.47 Å². The van der Waals surface area contributed by atoms with Crippen LogP contribution in [0.4, 0.5) is 0 Å². The molecule has 0 aromatic heterocycles. The Morgan fingerprint density at radius 1 is 0.950 bits per heavy atom. The number of carbonyl (C=O) groups excluding carboxylic acids is 1. The van der Waals surface area contributed by atoms with E-state index in [0.717, 1.165) is 16.7 Å². The number of hydrogen-bond acceptors (Lipinski definition) is 3. The SMILES string of the molecule is CCC(=O)c1cccc(-c2ccc(OC)c(OC)c2)c1. The molecule has 0 fully saturated rings. The molecule has 2 aromatic carbocycles. The van der Waals surface area contributed by atoms with E-state index < -0.39 is 0 Å². The van der Waals surface area contributed by atoms with Gasteiger partial charge in [-0.15, -0.1) is 0 Å². The first kappa shape index (κ1) is 14.1. The Hall–Kier alpha value is -2.29. The lowest BCUT2D eigenvalue weighted by Crippen LogP contribution is -1.96. The van der Waals surface area contributed by atoms with E-state index in [1.165, 1.54) is 0 Å². The first-order valence-electron chi connectivity index (χ1n) is 6.55. The first-order valence-corrected chi connectivity index (χ1v) is 6.55. The van der Waals surface area contributed by atoms with Crippen LogP contribution in [0.3, 0.4) is 0 Å². The number of ketones is 1. The molecule has 0 saturated carbocycles. The molecular formula is C17H18O3. The van der Waals surface area contributed by atoms with Gasteiger partial charge in [0, 0.05) is 12.0 Å². The average molecular weight is 270 g/mol. The summed E-state index contributed by atoms with van der Waals surface area (Å²) in [5.74, 6) is 1.52. The van der Waals surface area contributed by atoms with Crippen molar-refractivity contribution in [1.82, 2.24) is 0 Å². The van der Waals surface area contributed by atoms with Crippen LogP contribution in [0.1, 0.15) is 23.7 Å². The maximum atomic E-state index is 11.8. The van der Waals surface area contributed by atoms with E-state index in [2.05, 4.69) is 0 Å². The summed E-state index contributed by atoms with van der Waals surface area (Å²) in [6.45, 7) is 1.87. The van der Waals surface area contributed by atoms with Crippen molar-refractivity contribution >= 4 is 5.78 Å². The zero-order chi connectivity index (χ0) is 14.5. The van der Waals surface area contributed by atoms with Crippen molar-refractivity contribution in [2.24, 2.45) is 0 Å². The van der Waals surface area contributed by atoms with Gasteiger partial charge in [-0.05, 0) is 29.3 Å². The summed E-state index contributed by atoms with van der Waals surface area (Å²) in [6.07, 6.45) is 0.509. The minimum Gasteiger partial charge on any atom is -0.493 e. The smallest absolute Gasteiger partial charge is 0.162 e. The molecule has 0 radical (unpaired) electrons. The normalized spacial score (nSPS) is 10.2. The number of rotatable bonds is 5. The predicted octanol–water partition coefficient (Wildman–Crippen LogP) is 3.96. The van der Waals surface area contributed by atoms with Gasteiger partial charge in [-0.1, -0.05) is 31.2 Å². The molecule has 0 N–H and O–H groups in total. The standard InChI is InChI=1S/C17H18O3/c1-4-15(18)14-7-5-6-12(10-14)13-8-9-16(19-2)17(11-13)20-3/h5-11H,4H2,1-3H3. The molecule has 0 aliphatic heterocycles. The lowest BCUT2D eigenvalue weighted by Gasteiger charge is -2.10. The van der Waals surface area contributed by atoms with Crippen LogP contribution in [0, 0.1) is 0 Å². The van der Waals surface area contributed by atoms with Crippen LogP contribution in [-0.4, -0.2) is 20.0 Å². The van der Waals surface area contributed by atoms with Crippen molar-refractivity contribution in [2.45, 2.75) is 13.3 Å². The topological polar surface area (TPSA) is 35.5 Å². The average Bonchev–Trinajstić information content (AvgIpc) is 2.53. The second-order valence-electron chi connectivity index (χ2n) is 4.43. The lowest BCUT2D eigenvalue weighted by molar-refractivity contribution is 0.0988. The summed E-state index contributed by atoms with van der Waals surface area (Å²) < 4.78 is 10.5. The Labute approximate surface area is 119 Å². The summed E-state index contributed by atoms with van der Waals surface area (Å²) in [5, 5.41) is 0. The predicted molar refractivity (Wildman–Crippen MR) is 79.6 cm³/mol. The van der Waals surface area contributed by atoms with Crippen LogP contribution in [0.15, 0.2) is 42.5 Å². The Kier molecular flexibility index (Phi) is 4.41. The Balaban J connectivity index is 2.43. The van der Waals surface area contributed by atoms with Crippen molar-refractivity contribution in [3.8, 4) is 22.6 Å². The molecule has 0 unspecified atom stereocenters.